The summed E-state index contributed by atoms with van der Waals surface area (Å²) >= 11 is 0. The Morgan fingerprint density at radius 1 is 0.571 bits per heavy atom. The van der Waals surface area contributed by atoms with Crippen molar-refractivity contribution in [3.8, 4) is 22.3 Å². The van der Waals surface area contributed by atoms with Crippen LogP contribution in [0.2, 0.25) is 0 Å². The molecule has 0 aromatic heterocycles. The van der Waals surface area contributed by atoms with Gasteiger partial charge in [0.1, 0.15) is 0 Å². The molecule has 4 rings (SSSR count). The molecule has 28 heavy (non-hydrogen) atoms. The molecule has 0 spiro atoms. The molecule has 0 bridgehead atoms. The Hall–Kier alpha value is -3.32. The first-order valence-electron chi connectivity index (χ1n) is 9.82. The lowest BCUT2D eigenvalue weighted by molar-refractivity contribution is 0.867. The summed E-state index contributed by atoms with van der Waals surface area (Å²) in [6, 6.07) is 36.5. The highest BCUT2D eigenvalue weighted by atomic mass is 14.9. The van der Waals surface area contributed by atoms with Gasteiger partial charge in [0, 0.05) is 16.9 Å². The SMILES string of the molecule is CC(C)c1ccc(Nc2cc(-c3ccccc3)ccc2-c2ccccc2)cc1. The molecule has 1 nitrogen and oxygen atoms in total. The second-order valence-electron chi connectivity index (χ2n) is 7.39. The van der Waals surface area contributed by atoms with Gasteiger partial charge in [-0.05, 0) is 46.4 Å². The summed E-state index contributed by atoms with van der Waals surface area (Å²) in [6.07, 6.45) is 0. The Morgan fingerprint density at radius 3 is 1.79 bits per heavy atom. The second-order valence-corrected chi connectivity index (χ2v) is 7.39. The predicted octanol–water partition coefficient (Wildman–Crippen LogP) is 7.89. The van der Waals surface area contributed by atoms with Crippen molar-refractivity contribution >= 4 is 11.4 Å². The minimum absolute atomic E-state index is 0.537. The van der Waals surface area contributed by atoms with Gasteiger partial charge >= 0.3 is 0 Å². The quantitative estimate of drug-likeness (QED) is 0.380. The van der Waals surface area contributed by atoms with Crippen LogP contribution in [0, 0.1) is 0 Å². The molecule has 0 radical (unpaired) electrons. The predicted molar refractivity (Wildman–Crippen MR) is 121 cm³/mol. The lowest BCUT2D eigenvalue weighted by atomic mass is 9.98. The maximum absolute atomic E-state index is 3.65. The van der Waals surface area contributed by atoms with Crippen LogP contribution >= 0.6 is 0 Å². The molecule has 0 saturated heterocycles. The van der Waals surface area contributed by atoms with E-state index in [0.717, 1.165) is 11.4 Å². The van der Waals surface area contributed by atoms with Crippen LogP contribution in [0.1, 0.15) is 25.3 Å². The molecule has 1 heteroatoms. The first-order chi connectivity index (χ1) is 13.7. The molecule has 0 aliphatic carbocycles. The van der Waals surface area contributed by atoms with Gasteiger partial charge in [0.05, 0.1) is 0 Å². The van der Waals surface area contributed by atoms with E-state index in [4.69, 9.17) is 0 Å². The van der Waals surface area contributed by atoms with Crippen LogP contribution in [0.4, 0.5) is 11.4 Å². The number of nitrogens with one attached hydrogen (secondary N) is 1. The van der Waals surface area contributed by atoms with Crippen LogP contribution < -0.4 is 5.32 Å². The summed E-state index contributed by atoms with van der Waals surface area (Å²) in [5.74, 6) is 0.537. The molecule has 0 amide bonds. The van der Waals surface area contributed by atoms with E-state index in [0.29, 0.717) is 5.92 Å². The third-order valence-electron chi connectivity index (χ3n) is 5.07. The van der Waals surface area contributed by atoms with E-state index in [9.17, 15) is 0 Å². The molecule has 0 saturated carbocycles. The van der Waals surface area contributed by atoms with E-state index in [1.807, 2.05) is 0 Å². The van der Waals surface area contributed by atoms with E-state index in [1.54, 1.807) is 0 Å². The van der Waals surface area contributed by atoms with Gasteiger partial charge in [-0.1, -0.05) is 98.8 Å². The Kier molecular flexibility index (Phi) is 5.25. The van der Waals surface area contributed by atoms with Gasteiger partial charge in [-0.3, -0.25) is 0 Å². The fraction of sp³-hybridized carbons (Fsp3) is 0.111. The molecule has 0 aliphatic rings. The maximum atomic E-state index is 3.65. The van der Waals surface area contributed by atoms with Crippen LogP contribution in [0.5, 0.6) is 0 Å². The zero-order valence-electron chi connectivity index (χ0n) is 16.4. The van der Waals surface area contributed by atoms with E-state index < -0.39 is 0 Å². The van der Waals surface area contributed by atoms with Crippen molar-refractivity contribution in [2.75, 3.05) is 5.32 Å². The van der Waals surface area contributed by atoms with Crippen LogP contribution in [0.15, 0.2) is 103 Å². The van der Waals surface area contributed by atoms with Crippen molar-refractivity contribution in [1.29, 1.82) is 0 Å². The van der Waals surface area contributed by atoms with Gasteiger partial charge < -0.3 is 5.32 Å². The summed E-state index contributed by atoms with van der Waals surface area (Å²) in [4.78, 5) is 0. The van der Waals surface area contributed by atoms with Crippen molar-refractivity contribution in [2.45, 2.75) is 19.8 Å². The molecule has 138 valence electrons. The molecule has 4 aromatic carbocycles. The maximum Gasteiger partial charge on any atom is 0.0470 e. The molecule has 0 fully saturated rings. The van der Waals surface area contributed by atoms with Crippen molar-refractivity contribution in [3.63, 3.8) is 0 Å². The third kappa shape index (κ3) is 3.99. The number of hydrogen-bond donors (Lipinski definition) is 1. The summed E-state index contributed by atoms with van der Waals surface area (Å²) < 4.78 is 0. The number of rotatable bonds is 5. The smallest absolute Gasteiger partial charge is 0.0470 e. The zero-order valence-corrected chi connectivity index (χ0v) is 16.4. The zero-order chi connectivity index (χ0) is 19.3. The molecule has 4 aromatic rings. The van der Waals surface area contributed by atoms with Crippen molar-refractivity contribution < 1.29 is 0 Å². The van der Waals surface area contributed by atoms with E-state index in [1.165, 1.54) is 27.8 Å². The molecule has 0 heterocycles. The minimum Gasteiger partial charge on any atom is -0.355 e. The minimum atomic E-state index is 0.537. The fourth-order valence-electron chi connectivity index (χ4n) is 3.43. The largest absolute Gasteiger partial charge is 0.355 e. The topological polar surface area (TPSA) is 12.0 Å². The Bertz CT molecular complexity index is 1030. The van der Waals surface area contributed by atoms with E-state index in [-0.39, 0.29) is 0 Å². The molecule has 0 unspecified atom stereocenters. The van der Waals surface area contributed by atoms with Crippen LogP contribution in [0.25, 0.3) is 22.3 Å². The summed E-state index contributed by atoms with van der Waals surface area (Å²) in [5, 5.41) is 3.65. The second kappa shape index (κ2) is 8.14. The van der Waals surface area contributed by atoms with Gasteiger partial charge in [-0.2, -0.15) is 0 Å². The van der Waals surface area contributed by atoms with Crippen LogP contribution in [-0.4, -0.2) is 0 Å². The summed E-state index contributed by atoms with van der Waals surface area (Å²) in [6.45, 7) is 4.44. The summed E-state index contributed by atoms with van der Waals surface area (Å²) in [5.41, 5.74) is 8.42. The lowest BCUT2D eigenvalue weighted by Gasteiger charge is -2.15. The van der Waals surface area contributed by atoms with Gasteiger partial charge in [0.2, 0.25) is 0 Å². The number of hydrogen-bond acceptors (Lipinski definition) is 1. The first kappa shape index (κ1) is 18.1. The molecular weight excluding hydrogens is 338 g/mol. The standard InChI is InChI=1S/C27H25N/c1-20(2)21-13-16-25(17-14-21)28-27-19-24(22-9-5-3-6-10-22)15-18-26(27)23-11-7-4-8-12-23/h3-20,28H,1-2H3. The normalized spacial score (nSPS) is 10.8. The van der Waals surface area contributed by atoms with Gasteiger partial charge in [-0.25, -0.2) is 0 Å². The van der Waals surface area contributed by atoms with Crippen LogP contribution in [-0.2, 0) is 0 Å². The third-order valence-corrected chi connectivity index (χ3v) is 5.07. The molecule has 1 N–H and O–H groups in total. The Labute approximate surface area is 167 Å². The Balaban J connectivity index is 1.75. The van der Waals surface area contributed by atoms with Gasteiger partial charge in [0.25, 0.3) is 0 Å². The fourth-order valence-corrected chi connectivity index (χ4v) is 3.43. The van der Waals surface area contributed by atoms with E-state index >= 15 is 0 Å². The molecule has 0 aliphatic heterocycles. The van der Waals surface area contributed by atoms with Crippen molar-refractivity contribution in [1.82, 2.24) is 0 Å². The van der Waals surface area contributed by atoms with Crippen molar-refractivity contribution in [3.05, 3.63) is 109 Å². The monoisotopic (exact) mass is 363 g/mol. The highest BCUT2D eigenvalue weighted by Crippen LogP contribution is 2.34. The first-order valence-corrected chi connectivity index (χ1v) is 9.82. The molecule has 0 atom stereocenters. The summed E-state index contributed by atoms with van der Waals surface area (Å²) in [7, 11) is 0. The van der Waals surface area contributed by atoms with E-state index in [2.05, 4.69) is 122 Å². The Morgan fingerprint density at radius 2 is 1.18 bits per heavy atom. The molecular formula is C27H25N. The van der Waals surface area contributed by atoms with Crippen LogP contribution in [0.3, 0.4) is 0 Å². The average Bonchev–Trinajstić information content (AvgIpc) is 2.75. The highest BCUT2D eigenvalue weighted by molar-refractivity contribution is 5.85. The number of anilines is 2. The lowest BCUT2D eigenvalue weighted by Crippen LogP contribution is -1.95. The van der Waals surface area contributed by atoms with Gasteiger partial charge in [-0.15, -0.1) is 0 Å². The van der Waals surface area contributed by atoms with Gasteiger partial charge in [0.15, 0.2) is 0 Å². The number of benzene rings is 4. The highest BCUT2D eigenvalue weighted by Gasteiger charge is 2.09. The average molecular weight is 364 g/mol. The van der Waals surface area contributed by atoms with Crippen molar-refractivity contribution in [2.24, 2.45) is 0 Å².